The number of amides is 3. The average molecular weight is 229 g/mol. The van der Waals surface area contributed by atoms with E-state index in [4.69, 9.17) is 22.1 Å². The van der Waals surface area contributed by atoms with E-state index in [-0.39, 0.29) is 13.1 Å². The molecule has 0 saturated heterocycles. The van der Waals surface area contributed by atoms with Crippen LogP contribution in [0.4, 0.5) is 4.79 Å². The van der Waals surface area contributed by atoms with Gasteiger partial charge in [0.05, 0.1) is 12.1 Å². The lowest BCUT2D eigenvalue weighted by Gasteiger charge is -2.16. The van der Waals surface area contributed by atoms with E-state index in [1.54, 1.807) is 12.1 Å². The standard InChI is InChI=1S/C8H9ClN4O2/c1-6(9)7(14)12-8(15)13(4-2-10)5-3-11/h6H,4-5H2,1H3,(H,12,14,15). The van der Waals surface area contributed by atoms with Crippen molar-refractivity contribution >= 4 is 23.5 Å². The predicted molar refractivity (Wildman–Crippen MR) is 51.7 cm³/mol. The molecular formula is C8H9ClN4O2. The van der Waals surface area contributed by atoms with Gasteiger partial charge in [-0.3, -0.25) is 15.0 Å². The Hall–Kier alpha value is -1.79. The monoisotopic (exact) mass is 228 g/mol. The minimum Gasteiger partial charge on any atom is -0.298 e. The van der Waals surface area contributed by atoms with Crippen LogP contribution in [-0.2, 0) is 4.79 Å². The number of carbonyl (C=O) groups is 2. The lowest BCUT2D eigenvalue weighted by atomic mass is 10.4. The molecule has 0 aliphatic carbocycles. The molecule has 6 nitrogen and oxygen atoms in total. The first-order chi connectivity index (χ1) is 7.02. The molecule has 1 unspecified atom stereocenters. The number of rotatable bonds is 3. The number of imide groups is 1. The normalized spacial score (nSPS) is 10.7. The van der Waals surface area contributed by atoms with Crippen molar-refractivity contribution in [3.8, 4) is 12.1 Å². The number of carbonyl (C=O) groups excluding carboxylic acids is 2. The van der Waals surface area contributed by atoms with Gasteiger partial charge in [0.15, 0.2) is 0 Å². The Morgan fingerprint density at radius 3 is 2.20 bits per heavy atom. The summed E-state index contributed by atoms with van der Waals surface area (Å²) in [7, 11) is 0. The third-order valence-corrected chi connectivity index (χ3v) is 1.60. The Bertz CT molecular complexity index is 313. The van der Waals surface area contributed by atoms with Gasteiger partial charge in [0.25, 0.3) is 0 Å². The Morgan fingerprint density at radius 2 is 1.87 bits per heavy atom. The average Bonchev–Trinajstić information content (AvgIpc) is 2.17. The Morgan fingerprint density at radius 1 is 1.40 bits per heavy atom. The maximum Gasteiger partial charge on any atom is 0.325 e. The molecule has 0 bridgehead atoms. The van der Waals surface area contributed by atoms with Crippen LogP contribution in [0.1, 0.15) is 6.92 Å². The number of halogens is 1. The molecule has 0 aliphatic heterocycles. The van der Waals surface area contributed by atoms with Crippen molar-refractivity contribution in [2.75, 3.05) is 13.1 Å². The van der Waals surface area contributed by atoms with Crippen LogP contribution in [-0.4, -0.2) is 35.3 Å². The van der Waals surface area contributed by atoms with Gasteiger partial charge in [0.2, 0.25) is 5.91 Å². The van der Waals surface area contributed by atoms with Gasteiger partial charge in [0.1, 0.15) is 18.5 Å². The van der Waals surface area contributed by atoms with Crippen LogP contribution in [0.25, 0.3) is 0 Å². The van der Waals surface area contributed by atoms with Gasteiger partial charge in [-0.15, -0.1) is 11.6 Å². The summed E-state index contributed by atoms with van der Waals surface area (Å²) in [6.45, 7) is 0.885. The molecule has 0 spiro atoms. The fourth-order valence-corrected chi connectivity index (χ4v) is 0.709. The van der Waals surface area contributed by atoms with Gasteiger partial charge in [-0.05, 0) is 6.92 Å². The first-order valence-corrected chi connectivity index (χ1v) is 4.44. The zero-order valence-corrected chi connectivity index (χ0v) is 8.78. The molecule has 0 heterocycles. The molecule has 3 amide bonds. The summed E-state index contributed by atoms with van der Waals surface area (Å²) in [5.41, 5.74) is 0. The van der Waals surface area contributed by atoms with Gasteiger partial charge < -0.3 is 0 Å². The van der Waals surface area contributed by atoms with Crippen molar-refractivity contribution in [1.29, 1.82) is 10.5 Å². The van der Waals surface area contributed by atoms with E-state index >= 15 is 0 Å². The van der Waals surface area contributed by atoms with Crippen molar-refractivity contribution in [3.05, 3.63) is 0 Å². The van der Waals surface area contributed by atoms with Crippen LogP contribution in [0, 0.1) is 22.7 Å². The molecule has 15 heavy (non-hydrogen) atoms. The molecular weight excluding hydrogens is 220 g/mol. The quantitative estimate of drug-likeness (QED) is 0.551. The molecule has 7 heteroatoms. The second kappa shape index (κ2) is 6.63. The molecule has 0 rings (SSSR count). The van der Waals surface area contributed by atoms with Crippen LogP contribution < -0.4 is 5.32 Å². The lowest BCUT2D eigenvalue weighted by molar-refractivity contribution is -0.119. The van der Waals surface area contributed by atoms with E-state index in [0.29, 0.717) is 0 Å². The van der Waals surface area contributed by atoms with E-state index in [2.05, 4.69) is 0 Å². The summed E-state index contributed by atoms with van der Waals surface area (Å²) >= 11 is 5.42. The molecule has 0 fully saturated rings. The van der Waals surface area contributed by atoms with Crippen molar-refractivity contribution in [1.82, 2.24) is 10.2 Å². The number of nitriles is 2. The van der Waals surface area contributed by atoms with Crippen molar-refractivity contribution in [2.45, 2.75) is 12.3 Å². The Kier molecular flexibility index (Phi) is 5.84. The summed E-state index contributed by atoms with van der Waals surface area (Å²) in [5, 5.41) is 17.8. The number of alkyl halides is 1. The zero-order chi connectivity index (χ0) is 11.8. The van der Waals surface area contributed by atoms with Gasteiger partial charge >= 0.3 is 6.03 Å². The molecule has 80 valence electrons. The highest BCUT2D eigenvalue weighted by Gasteiger charge is 2.18. The Balaban J connectivity index is 4.34. The number of nitrogens with one attached hydrogen (secondary N) is 1. The Labute approximate surface area is 92.0 Å². The van der Waals surface area contributed by atoms with Gasteiger partial charge in [-0.1, -0.05) is 0 Å². The zero-order valence-electron chi connectivity index (χ0n) is 8.03. The second-order valence-electron chi connectivity index (χ2n) is 2.58. The fourth-order valence-electron chi connectivity index (χ4n) is 0.654. The highest BCUT2D eigenvalue weighted by molar-refractivity contribution is 6.31. The van der Waals surface area contributed by atoms with E-state index in [9.17, 15) is 9.59 Å². The first-order valence-electron chi connectivity index (χ1n) is 4.00. The number of urea groups is 1. The number of nitrogens with zero attached hydrogens (tertiary/aromatic N) is 3. The third-order valence-electron chi connectivity index (χ3n) is 1.40. The SMILES string of the molecule is CC(Cl)C(=O)NC(=O)N(CC#N)CC#N. The maximum atomic E-state index is 11.3. The lowest BCUT2D eigenvalue weighted by Crippen LogP contribution is -2.45. The van der Waals surface area contributed by atoms with Gasteiger partial charge in [0, 0.05) is 0 Å². The summed E-state index contributed by atoms with van der Waals surface area (Å²) < 4.78 is 0. The van der Waals surface area contributed by atoms with Crippen molar-refractivity contribution < 1.29 is 9.59 Å². The first kappa shape index (κ1) is 13.2. The van der Waals surface area contributed by atoms with Crippen LogP contribution in [0.3, 0.4) is 0 Å². The molecule has 0 aromatic rings. The van der Waals surface area contributed by atoms with E-state index in [0.717, 1.165) is 4.90 Å². The minimum absolute atomic E-state index is 0.261. The van der Waals surface area contributed by atoms with E-state index in [1.807, 2.05) is 5.32 Å². The molecule has 0 saturated carbocycles. The molecule has 0 aliphatic rings. The van der Waals surface area contributed by atoms with E-state index < -0.39 is 17.3 Å². The van der Waals surface area contributed by atoms with Crippen LogP contribution in [0.2, 0.25) is 0 Å². The van der Waals surface area contributed by atoms with Gasteiger partial charge in [-0.2, -0.15) is 10.5 Å². The summed E-state index contributed by atoms with van der Waals surface area (Å²) in [6, 6.07) is 2.62. The highest BCUT2D eigenvalue weighted by atomic mass is 35.5. The predicted octanol–water partition coefficient (Wildman–Crippen LogP) is 0.199. The largest absolute Gasteiger partial charge is 0.325 e. The molecule has 0 radical (unpaired) electrons. The van der Waals surface area contributed by atoms with Crippen LogP contribution in [0.15, 0.2) is 0 Å². The maximum absolute atomic E-state index is 11.3. The molecule has 1 N–H and O–H groups in total. The number of hydrogen-bond acceptors (Lipinski definition) is 4. The second-order valence-corrected chi connectivity index (χ2v) is 3.24. The van der Waals surface area contributed by atoms with Crippen LogP contribution >= 0.6 is 11.6 Å². The summed E-state index contributed by atoms with van der Waals surface area (Å²) in [5.74, 6) is -0.664. The number of hydrogen-bond donors (Lipinski definition) is 1. The molecule has 1 atom stereocenters. The third kappa shape index (κ3) is 4.84. The minimum atomic E-state index is -0.847. The molecule has 0 aromatic carbocycles. The van der Waals surface area contributed by atoms with Gasteiger partial charge in [-0.25, -0.2) is 4.79 Å². The smallest absolute Gasteiger partial charge is 0.298 e. The van der Waals surface area contributed by atoms with E-state index in [1.165, 1.54) is 6.92 Å². The van der Waals surface area contributed by atoms with Crippen molar-refractivity contribution in [3.63, 3.8) is 0 Å². The van der Waals surface area contributed by atoms with Crippen molar-refractivity contribution in [2.24, 2.45) is 0 Å². The van der Waals surface area contributed by atoms with Crippen LogP contribution in [0.5, 0.6) is 0 Å². The summed E-state index contributed by atoms with van der Waals surface area (Å²) in [4.78, 5) is 23.2. The highest BCUT2D eigenvalue weighted by Crippen LogP contribution is 1.94. The molecule has 0 aromatic heterocycles. The topological polar surface area (TPSA) is 97.0 Å². The fraction of sp³-hybridized carbons (Fsp3) is 0.500. The summed E-state index contributed by atoms with van der Waals surface area (Å²) in [6.07, 6.45) is 0.